The summed E-state index contributed by atoms with van der Waals surface area (Å²) in [5.41, 5.74) is 1.26. The first-order valence-corrected chi connectivity index (χ1v) is 7.58. The Morgan fingerprint density at radius 3 is 2.85 bits per heavy atom. The van der Waals surface area contributed by atoms with E-state index in [0.717, 1.165) is 25.9 Å². The first-order valence-electron chi connectivity index (χ1n) is 7.58. The van der Waals surface area contributed by atoms with Crippen LogP contribution in [0.25, 0.3) is 10.8 Å². The Morgan fingerprint density at radius 1 is 1.20 bits per heavy atom. The number of ether oxygens (including phenoxy) is 1. The average Bonchev–Trinajstić information content (AvgIpc) is 2.46. The third kappa shape index (κ3) is 2.58. The molecule has 1 fully saturated rings. The Bertz CT molecular complexity index is 585. The lowest BCUT2D eigenvalue weighted by atomic mass is 9.94. The number of benzene rings is 2. The number of fused-ring (bicyclic) bond motifs is 1. The molecule has 0 saturated carbocycles. The second kappa shape index (κ2) is 5.55. The van der Waals surface area contributed by atoms with Gasteiger partial charge < -0.3 is 10.1 Å². The summed E-state index contributed by atoms with van der Waals surface area (Å²) in [4.78, 5) is 0. The molecule has 1 aliphatic heterocycles. The highest BCUT2D eigenvalue weighted by Gasteiger charge is 2.33. The van der Waals surface area contributed by atoms with E-state index in [1.807, 2.05) is 0 Å². The van der Waals surface area contributed by atoms with E-state index in [1.165, 1.54) is 16.3 Å². The molecule has 1 N–H and O–H groups in total. The summed E-state index contributed by atoms with van der Waals surface area (Å²) >= 11 is 0. The van der Waals surface area contributed by atoms with Gasteiger partial charge in [0.2, 0.25) is 0 Å². The molecule has 0 amide bonds. The van der Waals surface area contributed by atoms with Gasteiger partial charge in [-0.15, -0.1) is 0 Å². The van der Waals surface area contributed by atoms with Crippen LogP contribution in [0.2, 0.25) is 0 Å². The molecular formula is C18H23NO. The van der Waals surface area contributed by atoms with Crippen LogP contribution in [0.5, 0.6) is 0 Å². The molecule has 106 valence electrons. The van der Waals surface area contributed by atoms with E-state index in [9.17, 15) is 0 Å². The Morgan fingerprint density at radius 2 is 2.00 bits per heavy atom. The molecular weight excluding hydrogens is 246 g/mol. The predicted molar refractivity (Wildman–Crippen MR) is 84.0 cm³/mol. The fraction of sp³-hybridized carbons (Fsp3) is 0.444. The van der Waals surface area contributed by atoms with Gasteiger partial charge in [0, 0.05) is 13.1 Å². The summed E-state index contributed by atoms with van der Waals surface area (Å²) < 4.78 is 6.45. The Balaban J connectivity index is 1.94. The minimum Gasteiger partial charge on any atom is -0.365 e. The minimum absolute atomic E-state index is 0.0470. The maximum Gasteiger partial charge on any atom is 0.0963 e. The zero-order valence-electron chi connectivity index (χ0n) is 12.4. The van der Waals surface area contributed by atoms with Crippen molar-refractivity contribution in [2.75, 3.05) is 13.1 Å². The average molecular weight is 269 g/mol. The standard InChI is InChI=1S/C18H23NO/c1-3-11-18(2)13-19-12-17(20-18)16-10-6-8-14-7-4-5-9-15(14)16/h4-10,17,19H,3,11-13H2,1-2H3. The molecule has 1 heterocycles. The van der Waals surface area contributed by atoms with E-state index < -0.39 is 0 Å². The molecule has 2 aromatic carbocycles. The molecule has 20 heavy (non-hydrogen) atoms. The first kappa shape index (κ1) is 13.6. The van der Waals surface area contributed by atoms with Gasteiger partial charge in [-0.3, -0.25) is 0 Å². The van der Waals surface area contributed by atoms with Crippen LogP contribution in [0.1, 0.15) is 38.4 Å². The Labute approximate surface area is 121 Å². The van der Waals surface area contributed by atoms with Crippen LogP contribution >= 0.6 is 0 Å². The summed E-state index contributed by atoms with van der Waals surface area (Å²) in [7, 11) is 0. The maximum atomic E-state index is 6.45. The highest BCUT2D eigenvalue weighted by molar-refractivity contribution is 5.86. The number of hydrogen-bond donors (Lipinski definition) is 1. The lowest BCUT2D eigenvalue weighted by Gasteiger charge is -2.39. The third-order valence-corrected chi connectivity index (χ3v) is 4.20. The third-order valence-electron chi connectivity index (χ3n) is 4.20. The van der Waals surface area contributed by atoms with Crippen LogP contribution in [0.3, 0.4) is 0 Å². The van der Waals surface area contributed by atoms with Crippen molar-refractivity contribution in [2.45, 2.75) is 38.4 Å². The van der Waals surface area contributed by atoms with Crippen molar-refractivity contribution in [3.8, 4) is 0 Å². The summed E-state index contributed by atoms with van der Waals surface area (Å²) in [6.07, 6.45) is 2.40. The van der Waals surface area contributed by atoms with E-state index in [0.29, 0.717) is 0 Å². The number of nitrogens with one attached hydrogen (secondary N) is 1. The smallest absolute Gasteiger partial charge is 0.0963 e. The second-order valence-corrected chi connectivity index (χ2v) is 6.01. The molecule has 2 aromatic rings. The molecule has 2 heteroatoms. The molecule has 2 nitrogen and oxygen atoms in total. The maximum absolute atomic E-state index is 6.45. The molecule has 0 radical (unpaired) electrons. The SMILES string of the molecule is CCCC1(C)CNCC(c2cccc3ccccc23)O1. The van der Waals surface area contributed by atoms with Gasteiger partial charge in [0.25, 0.3) is 0 Å². The van der Waals surface area contributed by atoms with Crippen LogP contribution in [0.15, 0.2) is 42.5 Å². The lowest BCUT2D eigenvalue weighted by molar-refractivity contribution is -0.111. The van der Waals surface area contributed by atoms with Gasteiger partial charge in [-0.05, 0) is 29.7 Å². The zero-order chi connectivity index (χ0) is 14.0. The first-order chi connectivity index (χ1) is 9.72. The molecule has 2 atom stereocenters. The van der Waals surface area contributed by atoms with E-state index >= 15 is 0 Å². The lowest BCUT2D eigenvalue weighted by Crippen LogP contribution is -2.48. The molecule has 1 aliphatic rings. The van der Waals surface area contributed by atoms with Crippen molar-refractivity contribution in [3.05, 3.63) is 48.0 Å². The van der Waals surface area contributed by atoms with Crippen molar-refractivity contribution in [1.82, 2.24) is 5.32 Å². The molecule has 0 aliphatic carbocycles. The summed E-state index contributed by atoms with van der Waals surface area (Å²) in [6, 6.07) is 15.1. The molecule has 0 aromatic heterocycles. The molecule has 0 bridgehead atoms. The number of rotatable bonds is 3. The van der Waals surface area contributed by atoms with E-state index in [4.69, 9.17) is 4.74 Å². The summed E-state index contributed by atoms with van der Waals surface area (Å²) in [5.74, 6) is 0. The zero-order valence-corrected chi connectivity index (χ0v) is 12.4. The molecule has 2 unspecified atom stereocenters. The normalized spacial score (nSPS) is 26.8. The fourth-order valence-corrected chi connectivity index (χ4v) is 3.28. The molecule has 1 saturated heterocycles. The van der Waals surface area contributed by atoms with E-state index in [-0.39, 0.29) is 11.7 Å². The van der Waals surface area contributed by atoms with E-state index in [1.54, 1.807) is 0 Å². The highest BCUT2D eigenvalue weighted by Crippen LogP contribution is 2.33. The quantitative estimate of drug-likeness (QED) is 0.907. The predicted octanol–water partition coefficient (Wildman–Crippen LogP) is 4.06. The van der Waals surface area contributed by atoms with Gasteiger partial charge in [0.1, 0.15) is 0 Å². The van der Waals surface area contributed by atoms with Crippen molar-refractivity contribution < 1.29 is 4.74 Å². The van der Waals surface area contributed by atoms with Crippen molar-refractivity contribution in [3.63, 3.8) is 0 Å². The second-order valence-electron chi connectivity index (χ2n) is 6.01. The van der Waals surface area contributed by atoms with Gasteiger partial charge in [-0.1, -0.05) is 55.8 Å². The Hall–Kier alpha value is -1.38. The Kier molecular flexibility index (Phi) is 3.77. The van der Waals surface area contributed by atoms with Crippen molar-refractivity contribution >= 4 is 10.8 Å². The van der Waals surface area contributed by atoms with Crippen LogP contribution in [-0.2, 0) is 4.74 Å². The van der Waals surface area contributed by atoms with Crippen molar-refractivity contribution in [2.24, 2.45) is 0 Å². The van der Waals surface area contributed by atoms with Gasteiger partial charge in [0.15, 0.2) is 0 Å². The molecule has 0 spiro atoms. The van der Waals surface area contributed by atoms with Gasteiger partial charge >= 0.3 is 0 Å². The highest BCUT2D eigenvalue weighted by atomic mass is 16.5. The minimum atomic E-state index is -0.0470. The van der Waals surface area contributed by atoms with E-state index in [2.05, 4.69) is 61.6 Å². The van der Waals surface area contributed by atoms with Crippen LogP contribution in [0.4, 0.5) is 0 Å². The summed E-state index contributed by atoms with van der Waals surface area (Å²) in [6.45, 7) is 6.28. The monoisotopic (exact) mass is 269 g/mol. The fourth-order valence-electron chi connectivity index (χ4n) is 3.28. The molecule has 3 rings (SSSR count). The number of hydrogen-bond acceptors (Lipinski definition) is 2. The van der Waals surface area contributed by atoms with Crippen LogP contribution in [0, 0.1) is 0 Å². The largest absolute Gasteiger partial charge is 0.365 e. The topological polar surface area (TPSA) is 21.3 Å². The van der Waals surface area contributed by atoms with Crippen LogP contribution in [-0.4, -0.2) is 18.7 Å². The van der Waals surface area contributed by atoms with Gasteiger partial charge in [0.05, 0.1) is 11.7 Å². The summed E-state index contributed by atoms with van der Waals surface area (Å²) in [5, 5.41) is 6.14. The van der Waals surface area contributed by atoms with Crippen molar-refractivity contribution in [1.29, 1.82) is 0 Å². The van der Waals surface area contributed by atoms with Gasteiger partial charge in [-0.25, -0.2) is 0 Å². The van der Waals surface area contributed by atoms with Gasteiger partial charge in [-0.2, -0.15) is 0 Å². The van der Waals surface area contributed by atoms with Crippen LogP contribution < -0.4 is 5.32 Å². The number of morpholine rings is 1.